The van der Waals surface area contributed by atoms with Crippen LogP contribution in [-0.2, 0) is 13.1 Å². The van der Waals surface area contributed by atoms with Crippen LogP contribution in [0.1, 0.15) is 26.7 Å². The van der Waals surface area contributed by atoms with E-state index in [1.807, 2.05) is 30.3 Å². The maximum Gasteiger partial charge on any atom is 0.276 e. The highest BCUT2D eigenvalue weighted by atomic mass is 16.2. The van der Waals surface area contributed by atoms with Gasteiger partial charge in [-0.25, -0.2) is 4.98 Å². The van der Waals surface area contributed by atoms with Gasteiger partial charge in [0.1, 0.15) is 5.69 Å². The predicted molar refractivity (Wildman–Crippen MR) is 90.0 cm³/mol. The molecule has 3 aromatic rings. The van der Waals surface area contributed by atoms with Gasteiger partial charge in [-0.3, -0.25) is 14.3 Å². The summed E-state index contributed by atoms with van der Waals surface area (Å²) in [6.45, 7) is 1.49. The summed E-state index contributed by atoms with van der Waals surface area (Å²) in [6, 6.07) is 11.0. The van der Waals surface area contributed by atoms with Gasteiger partial charge in [-0.1, -0.05) is 18.2 Å². The first kappa shape index (κ1) is 15.1. The summed E-state index contributed by atoms with van der Waals surface area (Å²) in [5.74, 6) is -0.375. The highest BCUT2D eigenvalue weighted by Crippen LogP contribution is 2.16. The standard InChI is InChI=1S/C17H16N6O2/c24-16(20-12-4-2-1-3-5-12)14-8-13-10-22(6-7-23(13)21-14)17(25)15-9-18-11-19-15/h1-5,8-9,11H,6-7,10H2,(H,18,19)(H,20,24). The van der Waals surface area contributed by atoms with Crippen molar-refractivity contribution in [3.8, 4) is 0 Å². The molecule has 0 bridgehead atoms. The number of amides is 2. The molecule has 4 rings (SSSR count). The number of rotatable bonds is 3. The molecule has 3 heterocycles. The first-order chi connectivity index (χ1) is 12.2. The molecule has 0 saturated heterocycles. The summed E-state index contributed by atoms with van der Waals surface area (Å²) in [5, 5.41) is 7.17. The van der Waals surface area contributed by atoms with Crippen molar-refractivity contribution in [2.24, 2.45) is 0 Å². The Morgan fingerprint density at radius 3 is 2.76 bits per heavy atom. The van der Waals surface area contributed by atoms with Crippen LogP contribution >= 0.6 is 0 Å². The second-order valence-electron chi connectivity index (χ2n) is 5.76. The zero-order chi connectivity index (χ0) is 17.2. The Kier molecular flexibility index (Phi) is 3.77. The summed E-state index contributed by atoms with van der Waals surface area (Å²) < 4.78 is 1.77. The Hall–Kier alpha value is -3.42. The molecule has 2 amide bonds. The zero-order valence-electron chi connectivity index (χ0n) is 13.3. The van der Waals surface area contributed by atoms with Gasteiger partial charge in [0.05, 0.1) is 31.3 Å². The Labute approximate surface area is 143 Å². The molecule has 126 valence electrons. The van der Waals surface area contributed by atoms with Crippen molar-refractivity contribution in [2.45, 2.75) is 13.1 Å². The number of benzene rings is 1. The maximum atomic E-state index is 12.4. The van der Waals surface area contributed by atoms with Crippen LogP contribution in [0.15, 0.2) is 48.9 Å². The lowest BCUT2D eigenvalue weighted by Gasteiger charge is -2.27. The number of carbonyl (C=O) groups is 2. The van der Waals surface area contributed by atoms with E-state index in [9.17, 15) is 9.59 Å². The minimum atomic E-state index is -0.264. The molecule has 0 spiro atoms. The summed E-state index contributed by atoms with van der Waals surface area (Å²) in [5.41, 5.74) is 2.34. The molecule has 2 N–H and O–H groups in total. The molecule has 0 saturated carbocycles. The van der Waals surface area contributed by atoms with E-state index in [2.05, 4.69) is 20.4 Å². The van der Waals surface area contributed by atoms with E-state index in [4.69, 9.17) is 0 Å². The van der Waals surface area contributed by atoms with Crippen LogP contribution in [-0.4, -0.2) is 43.0 Å². The number of aromatic amines is 1. The fourth-order valence-electron chi connectivity index (χ4n) is 2.81. The third-order valence-corrected chi connectivity index (χ3v) is 4.08. The number of fused-ring (bicyclic) bond motifs is 1. The number of H-pyrrole nitrogens is 1. The van der Waals surface area contributed by atoms with E-state index in [1.54, 1.807) is 15.6 Å². The van der Waals surface area contributed by atoms with E-state index in [0.29, 0.717) is 31.0 Å². The van der Waals surface area contributed by atoms with Crippen molar-refractivity contribution < 1.29 is 9.59 Å². The average Bonchev–Trinajstić information content (AvgIpc) is 3.31. The fourth-order valence-corrected chi connectivity index (χ4v) is 2.81. The number of hydrogen-bond acceptors (Lipinski definition) is 4. The van der Waals surface area contributed by atoms with Crippen LogP contribution in [0.3, 0.4) is 0 Å². The molecule has 1 aromatic carbocycles. The molecule has 25 heavy (non-hydrogen) atoms. The van der Waals surface area contributed by atoms with Crippen molar-refractivity contribution in [2.75, 3.05) is 11.9 Å². The van der Waals surface area contributed by atoms with Crippen LogP contribution in [0.4, 0.5) is 5.69 Å². The molecule has 1 aliphatic heterocycles. The molecule has 0 atom stereocenters. The van der Waals surface area contributed by atoms with Crippen LogP contribution in [0.5, 0.6) is 0 Å². The predicted octanol–water partition coefficient (Wildman–Crippen LogP) is 1.51. The monoisotopic (exact) mass is 336 g/mol. The lowest BCUT2D eigenvalue weighted by Crippen LogP contribution is -2.38. The number of aromatic nitrogens is 4. The molecule has 2 aromatic heterocycles. The van der Waals surface area contributed by atoms with E-state index >= 15 is 0 Å². The van der Waals surface area contributed by atoms with Crippen molar-refractivity contribution in [3.63, 3.8) is 0 Å². The smallest absolute Gasteiger partial charge is 0.276 e. The van der Waals surface area contributed by atoms with Crippen LogP contribution in [0.25, 0.3) is 0 Å². The Bertz CT molecular complexity index is 901. The lowest BCUT2D eigenvalue weighted by atomic mass is 10.2. The molecule has 0 unspecified atom stereocenters. The summed E-state index contributed by atoms with van der Waals surface area (Å²) >= 11 is 0. The SMILES string of the molecule is O=C(Nc1ccccc1)c1cc2n(n1)CCN(C(=O)c1cnc[nH]1)C2. The van der Waals surface area contributed by atoms with E-state index in [1.165, 1.54) is 12.5 Å². The molecule has 0 radical (unpaired) electrons. The Balaban J connectivity index is 1.49. The first-order valence-corrected chi connectivity index (χ1v) is 7.91. The number of carbonyl (C=O) groups excluding carboxylic acids is 2. The average molecular weight is 336 g/mol. The number of nitrogens with one attached hydrogen (secondary N) is 2. The molecule has 0 aliphatic carbocycles. The fraction of sp³-hybridized carbons (Fsp3) is 0.176. The van der Waals surface area contributed by atoms with Crippen LogP contribution in [0, 0.1) is 0 Å². The van der Waals surface area contributed by atoms with Crippen molar-refractivity contribution in [3.05, 3.63) is 66.0 Å². The Morgan fingerprint density at radius 1 is 1.16 bits per heavy atom. The van der Waals surface area contributed by atoms with Crippen LogP contribution in [0.2, 0.25) is 0 Å². The van der Waals surface area contributed by atoms with Gasteiger partial charge < -0.3 is 15.2 Å². The molecule has 8 heteroatoms. The number of para-hydroxylation sites is 1. The van der Waals surface area contributed by atoms with Crippen molar-refractivity contribution in [1.29, 1.82) is 0 Å². The molecule has 1 aliphatic rings. The quantitative estimate of drug-likeness (QED) is 0.758. The van der Waals surface area contributed by atoms with E-state index in [0.717, 1.165) is 11.4 Å². The summed E-state index contributed by atoms with van der Waals surface area (Å²) in [6.07, 6.45) is 2.99. The highest BCUT2D eigenvalue weighted by Gasteiger charge is 2.25. The zero-order valence-corrected chi connectivity index (χ0v) is 13.3. The van der Waals surface area contributed by atoms with Gasteiger partial charge in [0.25, 0.3) is 11.8 Å². The third-order valence-electron chi connectivity index (χ3n) is 4.08. The highest BCUT2D eigenvalue weighted by molar-refractivity contribution is 6.03. The molecule has 0 fully saturated rings. The normalized spacial score (nSPS) is 13.4. The van der Waals surface area contributed by atoms with Gasteiger partial charge in [0.15, 0.2) is 5.69 Å². The van der Waals surface area contributed by atoms with E-state index in [-0.39, 0.29) is 11.8 Å². The molecule has 8 nitrogen and oxygen atoms in total. The van der Waals surface area contributed by atoms with Gasteiger partial charge in [0.2, 0.25) is 0 Å². The maximum absolute atomic E-state index is 12.4. The minimum absolute atomic E-state index is 0.111. The number of anilines is 1. The minimum Gasteiger partial charge on any atom is -0.341 e. The van der Waals surface area contributed by atoms with Gasteiger partial charge in [-0.15, -0.1) is 0 Å². The van der Waals surface area contributed by atoms with Gasteiger partial charge in [-0.05, 0) is 18.2 Å². The lowest BCUT2D eigenvalue weighted by molar-refractivity contribution is 0.0700. The van der Waals surface area contributed by atoms with Gasteiger partial charge >= 0.3 is 0 Å². The Morgan fingerprint density at radius 2 is 2.00 bits per heavy atom. The van der Waals surface area contributed by atoms with Crippen molar-refractivity contribution in [1.82, 2.24) is 24.6 Å². The second-order valence-corrected chi connectivity index (χ2v) is 5.76. The van der Waals surface area contributed by atoms with Gasteiger partial charge in [0, 0.05) is 12.2 Å². The largest absolute Gasteiger partial charge is 0.341 e. The first-order valence-electron chi connectivity index (χ1n) is 7.91. The topological polar surface area (TPSA) is 95.9 Å². The number of hydrogen-bond donors (Lipinski definition) is 2. The summed E-state index contributed by atoms with van der Waals surface area (Å²) in [7, 11) is 0. The molecular weight excluding hydrogens is 320 g/mol. The molecular formula is C17H16N6O2. The number of imidazole rings is 1. The third kappa shape index (κ3) is 3.01. The summed E-state index contributed by atoms with van der Waals surface area (Å²) in [4.78, 5) is 33.2. The van der Waals surface area contributed by atoms with Crippen molar-refractivity contribution >= 4 is 17.5 Å². The van der Waals surface area contributed by atoms with E-state index < -0.39 is 0 Å². The van der Waals surface area contributed by atoms with Crippen LogP contribution < -0.4 is 5.32 Å². The number of nitrogens with zero attached hydrogens (tertiary/aromatic N) is 4. The second kappa shape index (κ2) is 6.23. The van der Waals surface area contributed by atoms with Gasteiger partial charge in [-0.2, -0.15) is 5.10 Å².